The van der Waals surface area contributed by atoms with Crippen LogP contribution in [0.25, 0.3) is 0 Å². The zero-order chi connectivity index (χ0) is 15.0. The maximum absolute atomic E-state index is 12.3. The molecule has 0 radical (unpaired) electrons. The monoisotopic (exact) mass is 295 g/mol. The second kappa shape index (κ2) is 8.76. The molecule has 0 amide bonds. The third-order valence-corrected chi connectivity index (χ3v) is 3.44. The first-order valence-electron chi connectivity index (χ1n) is 6.74. The predicted octanol–water partition coefficient (Wildman–Crippen LogP) is 1.94. The Morgan fingerprint density at radius 3 is 2.40 bits per heavy atom. The number of aliphatic carboxylic acids is 1. The molecule has 0 aliphatic carbocycles. The Kier molecular flexibility index (Phi) is 7.33. The lowest BCUT2D eigenvalue weighted by Gasteiger charge is -2.21. The summed E-state index contributed by atoms with van der Waals surface area (Å²) >= 11 is 4.01. The third kappa shape index (κ3) is 5.35. The number of ketones is 1. The summed E-state index contributed by atoms with van der Waals surface area (Å²) in [6.45, 7) is 1.97. The first kappa shape index (κ1) is 16.7. The Morgan fingerprint density at radius 2 is 1.90 bits per heavy atom. The number of carboxylic acid groups (broad SMARTS) is 1. The van der Waals surface area contributed by atoms with Crippen LogP contribution in [0.1, 0.15) is 25.3 Å². The summed E-state index contributed by atoms with van der Waals surface area (Å²) in [7, 11) is 0. The molecule has 2 atom stereocenters. The first-order chi connectivity index (χ1) is 9.58. The Balaban J connectivity index is 2.69. The molecule has 2 N–H and O–H groups in total. The van der Waals surface area contributed by atoms with Gasteiger partial charge in [0.1, 0.15) is 6.04 Å². The van der Waals surface area contributed by atoms with Crippen LogP contribution in [-0.2, 0) is 16.0 Å². The third-order valence-electron chi connectivity index (χ3n) is 3.07. The molecule has 1 aromatic rings. The van der Waals surface area contributed by atoms with E-state index < -0.39 is 18.1 Å². The van der Waals surface area contributed by atoms with Crippen molar-refractivity contribution < 1.29 is 14.7 Å². The molecule has 110 valence electrons. The molecule has 0 aliphatic rings. The summed E-state index contributed by atoms with van der Waals surface area (Å²) in [6, 6.07) is 8.24. The van der Waals surface area contributed by atoms with Crippen molar-refractivity contribution in [3.8, 4) is 0 Å². The highest BCUT2D eigenvalue weighted by atomic mass is 32.1. The quantitative estimate of drug-likeness (QED) is 0.609. The van der Waals surface area contributed by atoms with Gasteiger partial charge in [-0.2, -0.15) is 12.6 Å². The van der Waals surface area contributed by atoms with Crippen molar-refractivity contribution in [2.75, 3.05) is 5.75 Å². The number of hydrogen-bond donors (Lipinski definition) is 3. The SMILES string of the molecule is CCCC(NC(CS)C(=O)O)C(=O)Cc1ccccc1. The number of rotatable bonds is 9. The topological polar surface area (TPSA) is 66.4 Å². The average Bonchev–Trinajstić information content (AvgIpc) is 2.44. The van der Waals surface area contributed by atoms with E-state index in [1.807, 2.05) is 37.3 Å². The van der Waals surface area contributed by atoms with Crippen LogP contribution in [0.4, 0.5) is 0 Å². The smallest absolute Gasteiger partial charge is 0.321 e. The molecule has 0 heterocycles. The Hall–Kier alpha value is -1.33. The number of carbonyl (C=O) groups is 2. The van der Waals surface area contributed by atoms with Gasteiger partial charge in [0.05, 0.1) is 6.04 Å². The molecule has 0 aliphatic heterocycles. The Bertz CT molecular complexity index is 436. The molecule has 5 heteroatoms. The molecule has 2 unspecified atom stereocenters. The number of benzene rings is 1. The van der Waals surface area contributed by atoms with Crippen LogP contribution in [0, 0.1) is 0 Å². The van der Waals surface area contributed by atoms with E-state index in [0.717, 1.165) is 12.0 Å². The number of carboxylic acids is 1. The van der Waals surface area contributed by atoms with E-state index in [-0.39, 0.29) is 11.5 Å². The summed E-state index contributed by atoms with van der Waals surface area (Å²) in [5.41, 5.74) is 0.943. The number of carbonyl (C=O) groups excluding carboxylic acids is 1. The van der Waals surface area contributed by atoms with Crippen LogP contribution in [0.2, 0.25) is 0 Å². The lowest BCUT2D eigenvalue weighted by Crippen LogP contribution is -2.48. The highest BCUT2D eigenvalue weighted by molar-refractivity contribution is 7.80. The van der Waals surface area contributed by atoms with Crippen molar-refractivity contribution in [2.24, 2.45) is 0 Å². The van der Waals surface area contributed by atoms with Gasteiger partial charge in [-0.1, -0.05) is 43.7 Å². The highest BCUT2D eigenvalue weighted by Crippen LogP contribution is 2.07. The van der Waals surface area contributed by atoms with Crippen LogP contribution in [0.15, 0.2) is 30.3 Å². The van der Waals surface area contributed by atoms with Crippen molar-refractivity contribution in [1.82, 2.24) is 5.32 Å². The Morgan fingerprint density at radius 1 is 1.25 bits per heavy atom. The molecule has 0 saturated carbocycles. The van der Waals surface area contributed by atoms with Gasteiger partial charge in [-0.15, -0.1) is 0 Å². The van der Waals surface area contributed by atoms with Crippen LogP contribution in [-0.4, -0.2) is 34.7 Å². The van der Waals surface area contributed by atoms with E-state index in [2.05, 4.69) is 17.9 Å². The molecule has 0 bridgehead atoms. The van der Waals surface area contributed by atoms with Gasteiger partial charge in [-0.25, -0.2) is 0 Å². The van der Waals surface area contributed by atoms with Gasteiger partial charge in [0.15, 0.2) is 5.78 Å². The lowest BCUT2D eigenvalue weighted by atomic mass is 9.99. The minimum Gasteiger partial charge on any atom is -0.480 e. The Labute approximate surface area is 125 Å². The number of nitrogens with one attached hydrogen (secondary N) is 1. The zero-order valence-electron chi connectivity index (χ0n) is 11.6. The van der Waals surface area contributed by atoms with Crippen LogP contribution in [0.5, 0.6) is 0 Å². The minimum absolute atomic E-state index is 0.0195. The molecule has 4 nitrogen and oxygen atoms in total. The van der Waals surface area contributed by atoms with Gasteiger partial charge < -0.3 is 5.11 Å². The molecule has 0 fully saturated rings. The summed E-state index contributed by atoms with van der Waals surface area (Å²) in [5.74, 6) is -0.798. The minimum atomic E-state index is -0.978. The summed E-state index contributed by atoms with van der Waals surface area (Å²) < 4.78 is 0. The van der Waals surface area contributed by atoms with Gasteiger partial charge in [-0.05, 0) is 12.0 Å². The second-order valence-electron chi connectivity index (χ2n) is 4.71. The normalized spacial score (nSPS) is 13.7. The molecule has 20 heavy (non-hydrogen) atoms. The lowest BCUT2D eigenvalue weighted by molar-refractivity contribution is -0.139. The van der Waals surface area contributed by atoms with E-state index in [4.69, 9.17) is 5.11 Å². The molecule has 0 spiro atoms. The summed E-state index contributed by atoms with van der Waals surface area (Å²) in [6.07, 6.45) is 1.76. The fourth-order valence-electron chi connectivity index (χ4n) is 1.99. The molecule has 0 aromatic heterocycles. The summed E-state index contributed by atoms with van der Waals surface area (Å²) in [5, 5.41) is 11.9. The number of Topliss-reactive ketones (excluding diaryl/α,β-unsaturated/α-hetero) is 1. The van der Waals surface area contributed by atoms with Gasteiger partial charge >= 0.3 is 5.97 Å². The fourth-order valence-corrected chi connectivity index (χ4v) is 2.25. The van der Waals surface area contributed by atoms with E-state index >= 15 is 0 Å². The van der Waals surface area contributed by atoms with Gasteiger partial charge in [0, 0.05) is 12.2 Å². The number of hydrogen-bond acceptors (Lipinski definition) is 4. The van der Waals surface area contributed by atoms with Crippen LogP contribution in [0.3, 0.4) is 0 Å². The maximum atomic E-state index is 12.3. The molecule has 0 saturated heterocycles. The second-order valence-corrected chi connectivity index (χ2v) is 5.08. The van der Waals surface area contributed by atoms with E-state index in [1.54, 1.807) is 0 Å². The summed E-state index contributed by atoms with van der Waals surface area (Å²) in [4.78, 5) is 23.3. The van der Waals surface area contributed by atoms with E-state index in [0.29, 0.717) is 12.8 Å². The molecule has 1 rings (SSSR count). The predicted molar refractivity (Wildman–Crippen MR) is 82.3 cm³/mol. The van der Waals surface area contributed by atoms with Gasteiger partial charge in [0.25, 0.3) is 0 Å². The van der Waals surface area contributed by atoms with Gasteiger partial charge in [-0.3, -0.25) is 14.9 Å². The van der Waals surface area contributed by atoms with Crippen molar-refractivity contribution in [2.45, 2.75) is 38.3 Å². The van der Waals surface area contributed by atoms with E-state index in [1.165, 1.54) is 0 Å². The molecular weight excluding hydrogens is 274 g/mol. The van der Waals surface area contributed by atoms with Crippen molar-refractivity contribution in [3.63, 3.8) is 0 Å². The van der Waals surface area contributed by atoms with E-state index in [9.17, 15) is 9.59 Å². The number of thiol groups is 1. The zero-order valence-corrected chi connectivity index (χ0v) is 12.5. The van der Waals surface area contributed by atoms with Crippen molar-refractivity contribution >= 4 is 24.4 Å². The van der Waals surface area contributed by atoms with Crippen LogP contribution >= 0.6 is 12.6 Å². The average molecular weight is 295 g/mol. The van der Waals surface area contributed by atoms with Crippen molar-refractivity contribution in [1.29, 1.82) is 0 Å². The van der Waals surface area contributed by atoms with Gasteiger partial charge in [0.2, 0.25) is 0 Å². The fraction of sp³-hybridized carbons (Fsp3) is 0.467. The van der Waals surface area contributed by atoms with Crippen molar-refractivity contribution in [3.05, 3.63) is 35.9 Å². The standard InChI is InChI=1S/C15H21NO3S/c1-2-6-12(16-13(10-20)15(18)19)14(17)9-11-7-4-3-5-8-11/h3-5,7-8,12-13,16,20H,2,6,9-10H2,1H3,(H,18,19). The maximum Gasteiger partial charge on any atom is 0.321 e. The van der Waals surface area contributed by atoms with Crippen LogP contribution < -0.4 is 5.32 Å². The molecule has 1 aromatic carbocycles. The first-order valence-corrected chi connectivity index (χ1v) is 7.38. The molecular formula is C15H21NO3S. The highest BCUT2D eigenvalue weighted by Gasteiger charge is 2.24. The largest absolute Gasteiger partial charge is 0.480 e.